The first kappa shape index (κ1) is 26.2. The number of hydrazone groups is 1. The third kappa shape index (κ3) is 7.27. The van der Waals surface area contributed by atoms with Crippen molar-refractivity contribution in [1.82, 2.24) is 5.43 Å². The molecule has 0 aliphatic rings. The van der Waals surface area contributed by atoms with E-state index in [0.29, 0.717) is 17.0 Å². The Bertz CT molecular complexity index is 1310. The highest BCUT2D eigenvalue weighted by atomic mass is 16.5. The van der Waals surface area contributed by atoms with Gasteiger partial charge in [-0.15, -0.1) is 0 Å². The van der Waals surface area contributed by atoms with Gasteiger partial charge in [-0.2, -0.15) is 5.10 Å². The molecule has 0 aliphatic heterocycles. The number of nitrogens with one attached hydrogen (secondary N) is 3. The fourth-order valence-electron chi connectivity index (χ4n) is 3.61. The molecule has 36 heavy (non-hydrogen) atoms. The van der Waals surface area contributed by atoms with Crippen LogP contribution in [-0.4, -0.2) is 30.5 Å². The van der Waals surface area contributed by atoms with Gasteiger partial charge < -0.3 is 15.4 Å². The Balaban J connectivity index is 1.51. The Morgan fingerprint density at radius 3 is 2.22 bits per heavy atom. The molecule has 186 valence electrons. The summed E-state index contributed by atoms with van der Waals surface area (Å²) >= 11 is 0. The van der Waals surface area contributed by atoms with Gasteiger partial charge in [0.05, 0.1) is 6.21 Å². The fraction of sp³-hybridized carbons (Fsp3) is 0.214. The zero-order valence-electron chi connectivity index (χ0n) is 21.1. The normalized spacial score (nSPS) is 10.7. The highest BCUT2D eigenvalue weighted by molar-refractivity contribution is 6.39. The molecule has 3 N–H and O–H groups in total. The molecule has 0 aromatic heterocycles. The number of anilines is 2. The molecule has 0 bridgehead atoms. The topological polar surface area (TPSA) is 109 Å². The van der Waals surface area contributed by atoms with Gasteiger partial charge >= 0.3 is 11.8 Å². The number of nitrogens with zero attached hydrogens (tertiary/aromatic N) is 1. The second-order valence-corrected chi connectivity index (χ2v) is 8.64. The van der Waals surface area contributed by atoms with Crippen molar-refractivity contribution in [3.8, 4) is 5.75 Å². The molecular formula is C28H30N4O4. The minimum atomic E-state index is -0.893. The molecule has 8 nitrogen and oxygen atoms in total. The van der Waals surface area contributed by atoms with Crippen LogP contribution < -0.4 is 20.8 Å². The van der Waals surface area contributed by atoms with E-state index < -0.39 is 11.8 Å². The Morgan fingerprint density at radius 2 is 1.53 bits per heavy atom. The van der Waals surface area contributed by atoms with E-state index in [4.69, 9.17) is 4.74 Å². The average Bonchev–Trinajstić information content (AvgIpc) is 2.82. The largest absolute Gasteiger partial charge is 0.484 e. The number of carbonyl (C=O) groups excluding carboxylic acids is 3. The molecule has 0 spiro atoms. The van der Waals surface area contributed by atoms with Crippen LogP contribution in [0.1, 0.15) is 33.4 Å². The lowest BCUT2D eigenvalue weighted by molar-refractivity contribution is -0.136. The van der Waals surface area contributed by atoms with Gasteiger partial charge in [-0.05, 0) is 86.7 Å². The summed E-state index contributed by atoms with van der Waals surface area (Å²) < 4.78 is 5.61. The van der Waals surface area contributed by atoms with Crippen molar-refractivity contribution in [2.45, 2.75) is 34.6 Å². The van der Waals surface area contributed by atoms with Gasteiger partial charge in [0.15, 0.2) is 6.61 Å². The second kappa shape index (κ2) is 11.8. The minimum absolute atomic E-state index is 0.164. The predicted octanol–water partition coefficient (Wildman–Crippen LogP) is 4.34. The first-order valence-electron chi connectivity index (χ1n) is 11.4. The molecule has 0 atom stereocenters. The summed E-state index contributed by atoms with van der Waals surface area (Å²) in [5.41, 5.74) is 9.34. The van der Waals surface area contributed by atoms with Gasteiger partial charge in [-0.25, -0.2) is 5.43 Å². The van der Waals surface area contributed by atoms with Crippen LogP contribution in [0, 0.1) is 34.6 Å². The van der Waals surface area contributed by atoms with Crippen molar-refractivity contribution in [2.24, 2.45) is 5.10 Å². The Hall–Kier alpha value is -4.46. The van der Waals surface area contributed by atoms with Crippen LogP contribution >= 0.6 is 0 Å². The summed E-state index contributed by atoms with van der Waals surface area (Å²) in [4.78, 5) is 36.5. The van der Waals surface area contributed by atoms with Crippen LogP contribution in [0.5, 0.6) is 5.75 Å². The highest BCUT2D eigenvalue weighted by Gasteiger charge is 2.13. The second-order valence-electron chi connectivity index (χ2n) is 8.64. The monoisotopic (exact) mass is 486 g/mol. The number of hydrogen-bond donors (Lipinski definition) is 3. The number of amides is 3. The Morgan fingerprint density at radius 1 is 0.806 bits per heavy atom. The van der Waals surface area contributed by atoms with Crippen LogP contribution in [0.4, 0.5) is 11.4 Å². The smallest absolute Gasteiger partial charge is 0.329 e. The third-order valence-corrected chi connectivity index (χ3v) is 5.52. The van der Waals surface area contributed by atoms with Crippen molar-refractivity contribution < 1.29 is 19.1 Å². The zero-order valence-corrected chi connectivity index (χ0v) is 21.1. The zero-order chi connectivity index (χ0) is 26.2. The van der Waals surface area contributed by atoms with Gasteiger partial charge in [0.2, 0.25) is 0 Å². The van der Waals surface area contributed by atoms with Crippen LogP contribution in [0.3, 0.4) is 0 Å². The van der Waals surface area contributed by atoms with Crippen LogP contribution in [0.2, 0.25) is 0 Å². The summed E-state index contributed by atoms with van der Waals surface area (Å²) in [6.07, 6.45) is 1.38. The van der Waals surface area contributed by atoms with Crippen molar-refractivity contribution in [3.05, 3.63) is 88.0 Å². The lowest BCUT2D eigenvalue weighted by atomic mass is 10.1. The predicted molar refractivity (Wildman–Crippen MR) is 142 cm³/mol. The van der Waals surface area contributed by atoms with Crippen molar-refractivity contribution in [1.29, 1.82) is 0 Å². The molecule has 3 aromatic rings. The summed E-state index contributed by atoms with van der Waals surface area (Å²) in [6.45, 7) is 9.63. The fourth-order valence-corrected chi connectivity index (χ4v) is 3.61. The summed E-state index contributed by atoms with van der Waals surface area (Å²) in [7, 11) is 0. The number of carbonyl (C=O) groups is 3. The SMILES string of the molecule is Cc1cc(C)c(NC(=O)COc2cccc(/C=N\NC(=O)C(=O)Nc3ccc(C)c(C)c3)c2)c(C)c1. The molecule has 3 amide bonds. The molecular weight excluding hydrogens is 456 g/mol. The van der Waals surface area contributed by atoms with Crippen molar-refractivity contribution in [3.63, 3.8) is 0 Å². The van der Waals surface area contributed by atoms with Gasteiger partial charge in [-0.1, -0.05) is 35.9 Å². The van der Waals surface area contributed by atoms with E-state index in [2.05, 4.69) is 21.2 Å². The van der Waals surface area contributed by atoms with Gasteiger partial charge in [0.1, 0.15) is 5.75 Å². The molecule has 0 saturated heterocycles. The summed E-state index contributed by atoms with van der Waals surface area (Å²) in [6, 6.07) is 16.3. The molecule has 0 aliphatic carbocycles. The van der Waals surface area contributed by atoms with Crippen LogP contribution in [0.25, 0.3) is 0 Å². The number of hydrogen-bond acceptors (Lipinski definition) is 5. The van der Waals surface area contributed by atoms with E-state index >= 15 is 0 Å². The maximum absolute atomic E-state index is 12.4. The Labute approximate surface area is 210 Å². The maximum Gasteiger partial charge on any atom is 0.329 e. The number of ether oxygens (including phenoxy) is 1. The number of rotatable bonds is 7. The third-order valence-electron chi connectivity index (χ3n) is 5.52. The molecule has 3 aromatic carbocycles. The van der Waals surface area contributed by atoms with Crippen molar-refractivity contribution >= 4 is 35.3 Å². The molecule has 3 rings (SSSR count). The maximum atomic E-state index is 12.4. The van der Waals surface area contributed by atoms with Gasteiger partial charge in [0, 0.05) is 11.4 Å². The summed E-state index contributed by atoms with van der Waals surface area (Å²) in [5.74, 6) is -1.52. The van der Waals surface area contributed by atoms with Gasteiger partial charge in [0.25, 0.3) is 5.91 Å². The molecule has 0 saturated carbocycles. The first-order valence-corrected chi connectivity index (χ1v) is 11.4. The van der Waals surface area contributed by atoms with Crippen molar-refractivity contribution in [2.75, 3.05) is 17.2 Å². The lowest BCUT2D eigenvalue weighted by Crippen LogP contribution is -2.32. The first-order chi connectivity index (χ1) is 17.1. The van der Waals surface area contributed by atoms with E-state index in [9.17, 15) is 14.4 Å². The molecule has 0 unspecified atom stereocenters. The molecule has 0 heterocycles. The van der Waals surface area contributed by atoms with Crippen LogP contribution in [-0.2, 0) is 14.4 Å². The van der Waals surface area contributed by atoms with E-state index in [1.807, 2.05) is 52.8 Å². The average molecular weight is 487 g/mol. The minimum Gasteiger partial charge on any atom is -0.484 e. The quantitative estimate of drug-likeness (QED) is 0.262. The molecule has 8 heteroatoms. The lowest BCUT2D eigenvalue weighted by Gasteiger charge is -2.13. The Kier molecular flexibility index (Phi) is 8.57. The number of benzene rings is 3. The standard InChI is InChI=1S/C28H30N4O4/c1-17-11-20(4)26(21(5)12-17)31-25(33)16-36-24-8-6-7-22(14-24)15-29-32-28(35)27(34)30-23-10-9-18(2)19(3)13-23/h6-15H,16H2,1-5H3,(H,30,34)(H,31,33)(H,32,35)/b29-15-. The van der Waals surface area contributed by atoms with E-state index in [1.165, 1.54) is 6.21 Å². The molecule has 0 fully saturated rings. The van der Waals surface area contributed by atoms with E-state index in [0.717, 1.165) is 33.5 Å². The molecule has 0 radical (unpaired) electrons. The van der Waals surface area contributed by atoms with E-state index in [1.54, 1.807) is 36.4 Å². The van der Waals surface area contributed by atoms with E-state index in [-0.39, 0.29) is 12.5 Å². The number of aryl methyl sites for hydroxylation is 5. The highest BCUT2D eigenvalue weighted by Crippen LogP contribution is 2.22. The van der Waals surface area contributed by atoms with Gasteiger partial charge in [-0.3, -0.25) is 14.4 Å². The summed E-state index contributed by atoms with van der Waals surface area (Å²) in [5, 5.41) is 9.27. The van der Waals surface area contributed by atoms with Crippen LogP contribution in [0.15, 0.2) is 59.7 Å².